The quantitative estimate of drug-likeness (QED) is 0.675. The Morgan fingerprint density at radius 3 is 2.47 bits per heavy atom. The Bertz CT molecular complexity index is 260. The molecule has 0 aliphatic heterocycles. The minimum Gasteiger partial charge on any atom is -0.382 e. The van der Waals surface area contributed by atoms with Crippen LogP contribution in [0.4, 0.5) is 0 Å². The van der Waals surface area contributed by atoms with Crippen LogP contribution in [0.1, 0.15) is 18.9 Å². The molecule has 0 fully saturated rings. The zero-order valence-corrected chi connectivity index (χ0v) is 10.2. The van der Waals surface area contributed by atoms with E-state index in [4.69, 9.17) is 16.3 Å². The third-order valence-corrected chi connectivity index (χ3v) is 3.09. The predicted molar refractivity (Wildman–Crippen MR) is 65.4 cm³/mol. The summed E-state index contributed by atoms with van der Waals surface area (Å²) in [5, 5.41) is 0. The van der Waals surface area contributed by atoms with Crippen LogP contribution < -0.4 is 0 Å². The zero-order valence-electron chi connectivity index (χ0n) is 9.45. The zero-order chi connectivity index (χ0) is 11.1. The molecular weight excluding hydrogens is 208 g/mol. The molecule has 0 N–H and O–H groups in total. The number of rotatable bonds is 6. The minimum absolute atomic E-state index is 0.289. The Hall–Kier alpha value is -0.530. The Morgan fingerprint density at radius 2 is 1.93 bits per heavy atom. The van der Waals surface area contributed by atoms with E-state index in [1.165, 1.54) is 5.56 Å². The standard InChI is InChI=1S/C13H19ClO/c1-11(15-2)8-13(10-14)9-12-6-4-3-5-7-12/h3-7,11,13H,8-10H2,1-2H3. The fourth-order valence-corrected chi connectivity index (χ4v) is 1.95. The molecule has 84 valence electrons. The van der Waals surface area contributed by atoms with Gasteiger partial charge in [-0.3, -0.25) is 0 Å². The summed E-state index contributed by atoms with van der Waals surface area (Å²) < 4.78 is 5.26. The summed E-state index contributed by atoms with van der Waals surface area (Å²) in [7, 11) is 1.75. The van der Waals surface area contributed by atoms with Crippen molar-refractivity contribution in [1.82, 2.24) is 0 Å². The number of ether oxygens (including phenoxy) is 1. The maximum atomic E-state index is 5.96. The van der Waals surface area contributed by atoms with Gasteiger partial charge < -0.3 is 4.74 Å². The van der Waals surface area contributed by atoms with Crippen molar-refractivity contribution in [3.05, 3.63) is 35.9 Å². The van der Waals surface area contributed by atoms with Gasteiger partial charge >= 0.3 is 0 Å². The highest BCUT2D eigenvalue weighted by Gasteiger charge is 2.12. The van der Waals surface area contributed by atoms with E-state index in [9.17, 15) is 0 Å². The van der Waals surface area contributed by atoms with Crippen LogP contribution in [0.15, 0.2) is 30.3 Å². The van der Waals surface area contributed by atoms with E-state index >= 15 is 0 Å². The average molecular weight is 227 g/mol. The molecule has 0 radical (unpaired) electrons. The van der Waals surface area contributed by atoms with Gasteiger partial charge in [0, 0.05) is 13.0 Å². The van der Waals surface area contributed by atoms with Crippen molar-refractivity contribution in [3.8, 4) is 0 Å². The summed E-state index contributed by atoms with van der Waals surface area (Å²) >= 11 is 5.96. The molecule has 0 saturated heterocycles. The molecule has 2 atom stereocenters. The maximum Gasteiger partial charge on any atom is 0.0546 e. The molecule has 0 amide bonds. The van der Waals surface area contributed by atoms with Gasteiger partial charge in [-0.1, -0.05) is 30.3 Å². The van der Waals surface area contributed by atoms with E-state index < -0.39 is 0 Å². The third-order valence-electron chi connectivity index (χ3n) is 2.65. The van der Waals surface area contributed by atoms with Crippen LogP contribution in [0.2, 0.25) is 0 Å². The molecule has 1 aromatic rings. The second-order valence-electron chi connectivity index (χ2n) is 3.99. The van der Waals surface area contributed by atoms with Crippen molar-refractivity contribution in [2.24, 2.45) is 5.92 Å². The van der Waals surface area contributed by atoms with Crippen molar-refractivity contribution in [1.29, 1.82) is 0 Å². The van der Waals surface area contributed by atoms with E-state index in [1.54, 1.807) is 7.11 Å². The largest absolute Gasteiger partial charge is 0.382 e. The van der Waals surface area contributed by atoms with Crippen LogP contribution in [-0.2, 0) is 11.2 Å². The molecule has 2 unspecified atom stereocenters. The van der Waals surface area contributed by atoms with E-state index in [-0.39, 0.29) is 6.10 Å². The summed E-state index contributed by atoms with van der Waals surface area (Å²) in [6, 6.07) is 10.5. The Balaban J connectivity index is 2.47. The summed E-state index contributed by atoms with van der Waals surface area (Å²) in [5.41, 5.74) is 1.35. The smallest absolute Gasteiger partial charge is 0.0546 e. The van der Waals surface area contributed by atoms with Crippen molar-refractivity contribution < 1.29 is 4.74 Å². The molecule has 2 heteroatoms. The topological polar surface area (TPSA) is 9.23 Å². The van der Waals surface area contributed by atoms with Gasteiger partial charge in [0.1, 0.15) is 0 Å². The molecule has 15 heavy (non-hydrogen) atoms. The van der Waals surface area contributed by atoms with Gasteiger partial charge in [-0.05, 0) is 31.2 Å². The van der Waals surface area contributed by atoms with Gasteiger partial charge in [0.05, 0.1) is 6.10 Å². The molecule has 1 rings (SSSR count). The van der Waals surface area contributed by atoms with Gasteiger partial charge in [0.15, 0.2) is 0 Å². The van der Waals surface area contributed by atoms with Crippen LogP contribution >= 0.6 is 11.6 Å². The molecule has 0 saturated carbocycles. The van der Waals surface area contributed by atoms with Crippen LogP contribution in [0, 0.1) is 5.92 Å². The first-order chi connectivity index (χ1) is 7.26. The van der Waals surface area contributed by atoms with Crippen LogP contribution in [0.3, 0.4) is 0 Å². The molecule has 0 bridgehead atoms. The van der Waals surface area contributed by atoms with Gasteiger partial charge in [-0.2, -0.15) is 0 Å². The maximum absolute atomic E-state index is 5.96. The lowest BCUT2D eigenvalue weighted by atomic mass is 9.96. The normalized spacial score (nSPS) is 14.9. The highest BCUT2D eigenvalue weighted by molar-refractivity contribution is 6.18. The number of halogens is 1. The number of methoxy groups -OCH3 is 1. The molecule has 0 aromatic heterocycles. The van der Waals surface area contributed by atoms with Crippen LogP contribution in [-0.4, -0.2) is 19.1 Å². The Kier molecular flexibility index (Phi) is 5.74. The van der Waals surface area contributed by atoms with E-state index in [1.807, 2.05) is 6.07 Å². The Morgan fingerprint density at radius 1 is 1.27 bits per heavy atom. The minimum atomic E-state index is 0.289. The summed E-state index contributed by atoms with van der Waals surface area (Å²) in [5.74, 6) is 1.20. The molecule has 1 aromatic carbocycles. The van der Waals surface area contributed by atoms with Crippen molar-refractivity contribution >= 4 is 11.6 Å². The lowest BCUT2D eigenvalue weighted by Gasteiger charge is -2.17. The predicted octanol–water partition coefficient (Wildman–Crippen LogP) is 3.51. The van der Waals surface area contributed by atoms with Crippen LogP contribution in [0.25, 0.3) is 0 Å². The number of hydrogen-bond acceptors (Lipinski definition) is 1. The molecule has 0 aliphatic rings. The summed E-state index contributed by atoms with van der Waals surface area (Å²) in [4.78, 5) is 0. The van der Waals surface area contributed by atoms with E-state index in [0.29, 0.717) is 11.8 Å². The van der Waals surface area contributed by atoms with Crippen molar-refractivity contribution in [2.45, 2.75) is 25.9 Å². The van der Waals surface area contributed by atoms with Gasteiger partial charge in [0.25, 0.3) is 0 Å². The molecule has 1 nitrogen and oxygen atoms in total. The summed E-state index contributed by atoms with van der Waals surface area (Å²) in [6.45, 7) is 2.09. The Labute approximate surface area is 97.4 Å². The van der Waals surface area contributed by atoms with Gasteiger partial charge in [-0.25, -0.2) is 0 Å². The van der Waals surface area contributed by atoms with Crippen molar-refractivity contribution in [3.63, 3.8) is 0 Å². The fourth-order valence-electron chi connectivity index (χ4n) is 1.71. The first-order valence-corrected chi connectivity index (χ1v) is 5.92. The molecule has 0 heterocycles. The average Bonchev–Trinajstić information content (AvgIpc) is 2.29. The highest BCUT2D eigenvalue weighted by atomic mass is 35.5. The van der Waals surface area contributed by atoms with E-state index in [2.05, 4.69) is 31.2 Å². The van der Waals surface area contributed by atoms with Crippen LogP contribution in [0.5, 0.6) is 0 Å². The molecule has 0 aliphatic carbocycles. The van der Waals surface area contributed by atoms with E-state index in [0.717, 1.165) is 12.8 Å². The SMILES string of the molecule is COC(C)CC(CCl)Cc1ccccc1. The monoisotopic (exact) mass is 226 g/mol. The molecular formula is C13H19ClO. The van der Waals surface area contributed by atoms with Gasteiger partial charge in [-0.15, -0.1) is 11.6 Å². The van der Waals surface area contributed by atoms with Crippen molar-refractivity contribution in [2.75, 3.05) is 13.0 Å². The number of alkyl halides is 1. The summed E-state index contributed by atoms with van der Waals surface area (Å²) in [6.07, 6.45) is 2.35. The number of hydrogen-bond donors (Lipinski definition) is 0. The fraction of sp³-hybridized carbons (Fsp3) is 0.538. The molecule has 0 spiro atoms. The highest BCUT2D eigenvalue weighted by Crippen LogP contribution is 2.16. The second kappa shape index (κ2) is 6.86. The van der Waals surface area contributed by atoms with Gasteiger partial charge in [0.2, 0.25) is 0 Å². The third kappa shape index (κ3) is 4.67. The number of benzene rings is 1. The first kappa shape index (κ1) is 12.5. The first-order valence-electron chi connectivity index (χ1n) is 5.39. The lowest BCUT2D eigenvalue weighted by Crippen LogP contribution is -2.16. The second-order valence-corrected chi connectivity index (χ2v) is 4.30. The lowest BCUT2D eigenvalue weighted by molar-refractivity contribution is 0.0978.